The SMILES string of the molecule is Cc1c(Cl)ncnc1SCC(C)C. The molecule has 0 spiro atoms. The van der Waals surface area contributed by atoms with E-state index in [1.165, 1.54) is 6.33 Å². The Bertz CT molecular complexity index is 289. The molecule has 0 radical (unpaired) electrons. The van der Waals surface area contributed by atoms with Crippen LogP contribution in [0.3, 0.4) is 0 Å². The maximum absolute atomic E-state index is 5.86. The van der Waals surface area contributed by atoms with Crippen LogP contribution in [0.4, 0.5) is 0 Å². The monoisotopic (exact) mass is 216 g/mol. The minimum Gasteiger partial charge on any atom is -0.230 e. The molecule has 0 atom stereocenters. The summed E-state index contributed by atoms with van der Waals surface area (Å²) in [7, 11) is 0. The highest BCUT2D eigenvalue weighted by Crippen LogP contribution is 2.24. The fraction of sp³-hybridized carbons (Fsp3) is 0.556. The van der Waals surface area contributed by atoms with Gasteiger partial charge in [0.15, 0.2) is 0 Å². The molecule has 0 bridgehead atoms. The highest BCUT2D eigenvalue weighted by Gasteiger charge is 2.05. The van der Waals surface area contributed by atoms with Crippen molar-refractivity contribution in [3.63, 3.8) is 0 Å². The quantitative estimate of drug-likeness (QED) is 0.573. The van der Waals surface area contributed by atoms with E-state index in [0.29, 0.717) is 11.1 Å². The summed E-state index contributed by atoms with van der Waals surface area (Å²) in [6, 6.07) is 0. The zero-order chi connectivity index (χ0) is 9.84. The van der Waals surface area contributed by atoms with Crippen molar-refractivity contribution in [2.75, 3.05) is 5.75 Å². The van der Waals surface area contributed by atoms with Crippen molar-refractivity contribution in [3.05, 3.63) is 17.0 Å². The first-order valence-electron chi connectivity index (χ1n) is 4.21. The molecular weight excluding hydrogens is 204 g/mol. The number of aromatic nitrogens is 2. The summed E-state index contributed by atoms with van der Waals surface area (Å²) in [5.74, 6) is 1.73. The van der Waals surface area contributed by atoms with Crippen molar-refractivity contribution in [2.24, 2.45) is 5.92 Å². The Labute approximate surface area is 88.1 Å². The van der Waals surface area contributed by atoms with Gasteiger partial charge in [-0.3, -0.25) is 0 Å². The maximum atomic E-state index is 5.86. The van der Waals surface area contributed by atoms with Crippen molar-refractivity contribution < 1.29 is 0 Å². The van der Waals surface area contributed by atoms with Crippen LogP contribution >= 0.6 is 23.4 Å². The van der Waals surface area contributed by atoms with Crippen LogP contribution in [0, 0.1) is 12.8 Å². The molecule has 0 saturated carbocycles. The van der Waals surface area contributed by atoms with E-state index in [9.17, 15) is 0 Å². The van der Waals surface area contributed by atoms with Crippen molar-refractivity contribution >= 4 is 23.4 Å². The zero-order valence-electron chi connectivity index (χ0n) is 8.04. The first-order chi connectivity index (χ1) is 6.11. The largest absolute Gasteiger partial charge is 0.230 e. The van der Waals surface area contributed by atoms with Crippen LogP contribution in [-0.4, -0.2) is 15.7 Å². The summed E-state index contributed by atoms with van der Waals surface area (Å²) in [5.41, 5.74) is 0.981. The second-order valence-corrected chi connectivity index (χ2v) is 4.67. The van der Waals surface area contributed by atoms with Gasteiger partial charge in [0.05, 0.1) is 0 Å². The van der Waals surface area contributed by atoms with E-state index in [-0.39, 0.29) is 0 Å². The number of halogens is 1. The van der Waals surface area contributed by atoms with Gasteiger partial charge in [0.1, 0.15) is 16.5 Å². The van der Waals surface area contributed by atoms with Gasteiger partial charge in [-0.1, -0.05) is 25.4 Å². The highest BCUT2D eigenvalue weighted by atomic mass is 35.5. The molecule has 0 aliphatic carbocycles. The molecule has 1 aromatic rings. The Balaban J connectivity index is 2.71. The third-order valence-corrected chi connectivity index (χ3v) is 3.43. The Hall–Kier alpha value is -0.280. The van der Waals surface area contributed by atoms with Crippen LogP contribution < -0.4 is 0 Å². The number of hydrogen-bond donors (Lipinski definition) is 0. The Kier molecular flexibility index (Phi) is 4.00. The molecule has 1 aromatic heterocycles. The second kappa shape index (κ2) is 4.82. The van der Waals surface area contributed by atoms with Crippen LogP contribution in [0.25, 0.3) is 0 Å². The summed E-state index contributed by atoms with van der Waals surface area (Å²) in [4.78, 5) is 8.09. The Morgan fingerprint density at radius 1 is 1.46 bits per heavy atom. The minimum atomic E-state index is 0.557. The first kappa shape index (κ1) is 10.8. The molecule has 0 aliphatic heterocycles. The highest BCUT2D eigenvalue weighted by molar-refractivity contribution is 7.99. The topological polar surface area (TPSA) is 25.8 Å². The molecule has 1 rings (SSSR count). The maximum Gasteiger partial charge on any atom is 0.136 e. The summed E-state index contributed by atoms with van der Waals surface area (Å²) in [5, 5.41) is 1.55. The molecule has 13 heavy (non-hydrogen) atoms. The molecule has 0 fully saturated rings. The van der Waals surface area contributed by atoms with E-state index < -0.39 is 0 Å². The summed E-state index contributed by atoms with van der Waals surface area (Å²) in [6.07, 6.45) is 1.51. The van der Waals surface area contributed by atoms with Crippen LogP contribution in [0.2, 0.25) is 5.15 Å². The smallest absolute Gasteiger partial charge is 0.136 e. The molecular formula is C9H13ClN2S. The van der Waals surface area contributed by atoms with Crippen molar-refractivity contribution in [3.8, 4) is 0 Å². The average molecular weight is 217 g/mol. The molecule has 0 N–H and O–H groups in total. The molecule has 4 heteroatoms. The van der Waals surface area contributed by atoms with E-state index in [1.807, 2.05) is 6.92 Å². The lowest BCUT2D eigenvalue weighted by Gasteiger charge is -2.06. The molecule has 0 saturated heterocycles. The number of hydrogen-bond acceptors (Lipinski definition) is 3. The van der Waals surface area contributed by atoms with Gasteiger partial charge in [-0.05, 0) is 12.8 Å². The summed E-state index contributed by atoms with van der Waals surface area (Å²) < 4.78 is 0. The van der Waals surface area contributed by atoms with E-state index in [0.717, 1.165) is 16.3 Å². The predicted molar refractivity (Wildman–Crippen MR) is 57.3 cm³/mol. The number of thioether (sulfide) groups is 1. The van der Waals surface area contributed by atoms with Gasteiger partial charge in [0.2, 0.25) is 0 Å². The van der Waals surface area contributed by atoms with Crippen molar-refractivity contribution in [1.29, 1.82) is 0 Å². The summed E-state index contributed by atoms with van der Waals surface area (Å²) >= 11 is 7.60. The van der Waals surface area contributed by atoms with Crippen molar-refractivity contribution in [2.45, 2.75) is 25.8 Å². The van der Waals surface area contributed by atoms with Gasteiger partial charge < -0.3 is 0 Å². The van der Waals surface area contributed by atoms with Crippen LogP contribution in [0.5, 0.6) is 0 Å². The summed E-state index contributed by atoms with van der Waals surface area (Å²) in [6.45, 7) is 6.32. The van der Waals surface area contributed by atoms with Gasteiger partial charge in [0.25, 0.3) is 0 Å². The fourth-order valence-electron chi connectivity index (χ4n) is 0.805. The molecule has 0 amide bonds. The molecule has 0 aromatic carbocycles. The predicted octanol–water partition coefficient (Wildman–Crippen LogP) is 3.19. The van der Waals surface area contributed by atoms with E-state index in [2.05, 4.69) is 23.8 Å². The van der Waals surface area contributed by atoms with Gasteiger partial charge in [-0.25, -0.2) is 9.97 Å². The Morgan fingerprint density at radius 3 is 2.77 bits per heavy atom. The van der Waals surface area contributed by atoms with E-state index >= 15 is 0 Å². The lowest BCUT2D eigenvalue weighted by atomic mass is 10.3. The van der Waals surface area contributed by atoms with Crippen molar-refractivity contribution in [1.82, 2.24) is 9.97 Å². The normalized spacial score (nSPS) is 10.8. The third kappa shape index (κ3) is 3.16. The standard InChI is InChI=1S/C9H13ClN2S/c1-6(2)4-13-9-7(3)8(10)11-5-12-9/h5-6H,4H2,1-3H3. The zero-order valence-corrected chi connectivity index (χ0v) is 9.61. The van der Waals surface area contributed by atoms with Gasteiger partial charge in [-0.15, -0.1) is 11.8 Å². The van der Waals surface area contributed by atoms with Crippen LogP contribution in [0.15, 0.2) is 11.4 Å². The van der Waals surface area contributed by atoms with Gasteiger partial charge in [0, 0.05) is 11.3 Å². The number of nitrogens with zero attached hydrogens (tertiary/aromatic N) is 2. The molecule has 1 heterocycles. The second-order valence-electron chi connectivity index (χ2n) is 3.30. The Morgan fingerprint density at radius 2 is 2.15 bits per heavy atom. The van der Waals surface area contributed by atoms with E-state index in [4.69, 9.17) is 11.6 Å². The molecule has 2 nitrogen and oxygen atoms in total. The first-order valence-corrected chi connectivity index (χ1v) is 5.57. The number of rotatable bonds is 3. The van der Waals surface area contributed by atoms with Gasteiger partial charge >= 0.3 is 0 Å². The molecule has 72 valence electrons. The molecule has 0 unspecified atom stereocenters. The lowest BCUT2D eigenvalue weighted by Crippen LogP contribution is -1.94. The minimum absolute atomic E-state index is 0.557. The van der Waals surface area contributed by atoms with Crippen LogP contribution in [0.1, 0.15) is 19.4 Å². The van der Waals surface area contributed by atoms with E-state index in [1.54, 1.807) is 11.8 Å². The third-order valence-electron chi connectivity index (χ3n) is 1.53. The molecule has 0 aliphatic rings. The van der Waals surface area contributed by atoms with Crippen LogP contribution in [-0.2, 0) is 0 Å². The van der Waals surface area contributed by atoms with Gasteiger partial charge in [-0.2, -0.15) is 0 Å². The average Bonchev–Trinajstić information content (AvgIpc) is 2.07. The lowest BCUT2D eigenvalue weighted by molar-refractivity contribution is 0.749. The fourth-order valence-corrected chi connectivity index (χ4v) is 1.92.